The molecule has 0 spiro atoms. The smallest absolute Gasteiger partial charge is 0.354 e. The Bertz CT molecular complexity index is 779. The summed E-state index contributed by atoms with van der Waals surface area (Å²) in [5.74, 6) is -0.676. The first-order valence-corrected chi connectivity index (χ1v) is 6.34. The molecule has 1 aromatic carbocycles. The molecule has 21 heavy (non-hydrogen) atoms. The predicted octanol–water partition coefficient (Wildman–Crippen LogP) is 2.34. The van der Waals surface area contributed by atoms with Crippen LogP contribution in [0.2, 0.25) is 0 Å². The molecule has 2 aromatic heterocycles. The van der Waals surface area contributed by atoms with Crippen LogP contribution in [0.1, 0.15) is 16.2 Å². The average Bonchev–Trinajstić information content (AvgIpc) is 2.91. The van der Waals surface area contributed by atoms with E-state index in [1.165, 1.54) is 10.7 Å². The first-order chi connectivity index (χ1) is 10.1. The molecule has 3 rings (SSSR count). The number of carbonyl (C=O) groups is 1. The molecule has 0 radical (unpaired) electrons. The van der Waals surface area contributed by atoms with Gasteiger partial charge < -0.3 is 5.11 Å². The third kappa shape index (κ3) is 2.51. The molecule has 1 N–H and O–H groups in total. The van der Waals surface area contributed by atoms with Gasteiger partial charge in [0.2, 0.25) is 0 Å². The van der Waals surface area contributed by atoms with Gasteiger partial charge in [-0.15, -0.1) is 10.2 Å². The highest BCUT2D eigenvalue weighted by Crippen LogP contribution is 2.17. The summed E-state index contributed by atoms with van der Waals surface area (Å²) in [7, 11) is 0. The Hall–Kier alpha value is -3.02. The summed E-state index contributed by atoms with van der Waals surface area (Å²) in [6.07, 6.45) is 0. The number of aromatic nitrogens is 4. The largest absolute Gasteiger partial charge is 0.477 e. The van der Waals surface area contributed by atoms with Crippen molar-refractivity contribution in [2.75, 3.05) is 0 Å². The second-order valence-corrected chi connectivity index (χ2v) is 4.53. The number of aromatic carboxylic acids is 1. The van der Waals surface area contributed by atoms with Gasteiger partial charge in [0.05, 0.1) is 11.4 Å². The van der Waals surface area contributed by atoms with Crippen LogP contribution in [0.3, 0.4) is 0 Å². The van der Waals surface area contributed by atoms with Crippen LogP contribution in [0.15, 0.2) is 48.5 Å². The minimum atomic E-state index is -1.05. The maximum absolute atomic E-state index is 11.2. The molecule has 0 amide bonds. The Balaban J connectivity index is 2.00. The zero-order chi connectivity index (χ0) is 14.8. The summed E-state index contributed by atoms with van der Waals surface area (Å²) in [4.78, 5) is 11.2. The van der Waals surface area contributed by atoms with Crippen LogP contribution >= 0.6 is 0 Å². The lowest BCUT2D eigenvalue weighted by atomic mass is 10.1. The van der Waals surface area contributed by atoms with Gasteiger partial charge in [0.15, 0.2) is 11.5 Å². The maximum Gasteiger partial charge on any atom is 0.354 e. The lowest BCUT2D eigenvalue weighted by Crippen LogP contribution is -2.10. The second-order valence-electron chi connectivity index (χ2n) is 4.53. The van der Waals surface area contributed by atoms with Crippen LogP contribution in [-0.4, -0.2) is 31.1 Å². The van der Waals surface area contributed by atoms with Crippen molar-refractivity contribution in [1.29, 1.82) is 0 Å². The highest BCUT2D eigenvalue weighted by atomic mass is 16.4. The molecule has 0 aliphatic carbocycles. The maximum atomic E-state index is 11.2. The molecule has 3 aromatic rings. The SMILES string of the molecule is Cc1cc(C(=O)O)n(-c2ccc(-c3ccccc3)nn2)n1. The van der Waals surface area contributed by atoms with Crippen molar-refractivity contribution in [3.63, 3.8) is 0 Å². The van der Waals surface area contributed by atoms with E-state index in [-0.39, 0.29) is 5.69 Å². The normalized spacial score (nSPS) is 10.5. The molecule has 6 nitrogen and oxygen atoms in total. The van der Waals surface area contributed by atoms with Crippen LogP contribution in [0.5, 0.6) is 0 Å². The molecular formula is C15H12N4O2. The van der Waals surface area contributed by atoms with Crippen LogP contribution in [0.25, 0.3) is 17.1 Å². The minimum absolute atomic E-state index is 0.0641. The Morgan fingerprint density at radius 3 is 2.48 bits per heavy atom. The molecule has 0 bridgehead atoms. The van der Waals surface area contributed by atoms with Gasteiger partial charge in [0.25, 0.3) is 0 Å². The Labute approximate surface area is 120 Å². The van der Waals surface area contributed by atoms with Crippen LogP contribution < -0.4 is 0 Å². The van der Waals surface area contributed by atoms with Crippen molar-refractivity contribution >= 4 is 5.97 Å². The van der Waals surface area contributed by atoms with E-state index in [1.54, 1.807) is 19.1 Å². The molecular weight excluding hydrogens is 268 g/mol. The van der Waals surface area contributed by atoms with Gasteiger partial charge in [0.1, 0.15) is 0 Å². The number of benzene rings is 1. The standard InChI is InChI=1S/C15H12N4O2/c1-10-9-13(15(20)21)19(18-10)14-8-7-12(16-17-14)11-5-3-2-4-6-11/h2-9H,1H3,(H,20,21). The van der Waals surface area contributed by atoms with Crippen molar-refractivity contribution in [3.8, 4) is 17.1 Å². The van der Waals surface area contributed by atoms with Gasteiger partial charge in [-0.2, -0.15) is 5.10 Å². The van der Waals surface area contributed by atoms with E-state index < -0.39 is 5.97 Å². The van der Waals surface area contributed by atoms with Crippen LogP contribution in [-0.2, 0) is 0 Å². The first-order valence-electron chi connectivity index (χ1n) is 6.34. The van der Waals surface area contributed by atoms with Gasteiger partial charge in [-0.25, -0.2) is 9.48 Å². The van der Waals surface area contributed by atoms with Crippen molar-refractivity contribution in [1.82, 2.24) is 20.0 Å². The number of rotatable bonds is 3. The highest BCUT2D eigenvalue weighted by molar-refractivity contribution is 5.86. The fourth-order valence-electron chi connectivity index (χ4n) is 2.03. The first kappa shape index (κ1) is 13.0. The molecule has 0 atom stereocenters. The van der Waals surface area contributed by atoms with Crippen molar-refractivity contribution in [3.05, 3.63) is 59.9 Å². The van der Waals surface area contributed by atoms with E-state index >= 15 is 0 Å². The molecule has 0 saturated heterocycles. The monoisotopic (exact) mass is 280 g/mol. The molecule has 6 heteroatoms. The van der Waals surface area contributed by atoms with Gasteiger partial charge in [-0.05, 0) is 25.1 Å². The van der Waals surface area contributed by atoms with Crippen LogP contribution in [0, 0.1) is 6.92 Å². The number of nitrogens with zero attached hydrogens (tertiary/aromatic N) is 4. The van der Waals surface area contributed by atoms with Gasteiger partial charge in [-0.1, -0.05) is 30.3 Å². The average molecular weight is 280 g/mol. The third-order valence-electron chi connectivity index (χ3n) is 2.99. The number of hydrogen-bond donors (Lipinski definition) is 1. The lowest BCUT2D eigenvalue weighted by Gasteiger charge is -2.04. The van der Waals surface area contributed by atoms with E-state index in [9.17, 15) is 4.79 Å². The van der Waals surface area contributed by atoms with Crippen molar-refractivity contribution < 1.29 is 9.90 Å². The zero-order valence-corrected chi connectivity index (χ0v) is 11.3. The van der Waals surface area contributed by atoms with Gasteiger partial charge in [-0.3, -0.25) is 0 Å². The molecule has 0 aliphatic heterocycles. The number of aryl methyl sites for hydroxylation is 1. The van der Waals surface area contributed by atoms with Gasteiger partial charge >= 0.3 is 5.97 Å². The Kier molecular flexibility index (Phi) is 3.19. The highest BCUT2D eigenvalue weighted by Gasteiger charge is 2.15. The summed E-state index contributed by atoms with van der Waals surface area (Å²) < 4.78 is 1.28. The Morgan fingerprint density at radius 2 is 1.86 bits per heavy atom. The second kappa shape index (κ2) is 5.16. The topological polar surface area (TPSA) is 80.9 Å². The van der Waals surface area contributed by atoms with Crippen molar-refractivity contribution in [2.24, 2.45) is 0 Å². The number of carboxylic acids is 1. The molecule has 2 heterocycles. The Morgan fingerprint density at radius 1 is 1.10 bits per heavy atom. The fraction of sp³-hybridized carbons (Fsp3) is 0.0667. The lowest BCUT2D eigenvalue weighted by molar-refractivity contribution is 0.0686. The van der Waals surface area contributed by atoms with Crippen molar-refractivity contribution in [2.45, 2.75) is 6.92 Å². The van der Waals surface area contributed by atoms with E-state index in [2.05, 4.69) is 15.3 Å². The fourth-order valence-corrected chi connectivity index (χ4v) is 2.03. The summed E-state index contributed by atoms with van der Waals surface area (Å²) >= 11 is 0. The third-order valence-corrected chi connectivity index (χ3v) is 2.99. The van der Waals surface area contributed by atoms with E-state index in [4.69, 9.17) is 5.11 Å². The van der Waals surface area contributed by atoms with E-state index in [0.717, 1.165) is 11.3 Å². The summed E-state index contributed by atoms with van der Waals surface area (Å²) in [5.41, 5.74) is 2.35. The molecule has 104 valence electrons. The van der Waals surface area contributed by atoms with E-state index in [0.29, 0.717) is 11.5 Å². The van der Waals surface area contributed by atoms with E-state index in [1.807, 2.05) is 30.3 Å². The number of carboxylic acid groups (broad SMARTS) is 1. The quantitative estimate of drug-likeness (QED) is 0.796. The predicted molar refractivity (Wildman–Crippen MR) is 76.3 cm³/mol. The summed E-state index contributed by atoms with van der Waals surface area (Å²) in [6, 6.07) is 14.6. The molecule has 0 aliphatic rings. The van der Waals surface area contributed by atoms with Crippen LogP contribution in [0.4, 0.5) is 0 Å². The number of hydrogen-bond acceptors (Lipinski definition) is 4. The molecule has 0 unspecified atom stereocenters. The van der Waals surface area contributed by atoms with Gasteiger partial charge in [0, 0.05) is 5.56 Å². The summed E-state index contributed by atoms with van der Waals surface area (Å²) in [5, 5.41) is 21.5. The minimum Gasteiger partial charge on any atom is -0.477 e. The molecule has 0 saturated carbocycles. The summed E-state index contributed by atoms with van der Waals surface area (Å²) in [6.45, 7) is 1.73. The zero-order valence-electron chi connectivity index (χ0n) is 11.3. The molecule has 0 fully saturated rings.